The van der Waals surface area contributed by atoms with E-state index in [9.17, 15) is 0 Å². The second-order valence-corrected chi connectivity index (χ2v) is 4.99. The molecule has 0 saturated carbocycles. The maximum Gasteiger partial charge on any atom is 0.131 e. The smallest absolute Gasteiger partial charge is 0.131 e. The lowest BCUT2D eigenvalue weighted by Gasteiger charge is -2.47. The van der Waals surface area contributed by atoms with E-state index in [-0.39, 0.29) is 5.72 Å². The Balaban J connectivity index is 2.06. The van der Waals surface area contributed by atoms with Crippen LogP contribution < -0.4 is 0 Å². The number of rotatable bonds is 1. The predicted molar refractivity (Wildman–Crippen MR) is 59.7 cm³/mol. The van der Waals surface area contributed by atoms with Gasteiger partial charge in [0.05, 0.1) is 0 Å². The van der Waals surface area contributed by atoms with Crippen LogP contribution in [0.1, 0.15) is 38.5 Å². The van der Waals surface area contributed by atoms with Crippen LogP contribution in [0.5, 0.6) is 0 Å². The fourth-order valence-corrected chi connectivity index (χ4v) is 3.62. The Kier molecular flexibility index (Phi) is 3.46. The molecule has 2 nitrogen and oxygen atoms in total. The van der Waals surface area contributed by atoms with Gasteiger partial charge in [0.15, 0.2) is 0 Å². The average molecular weight is 219 g/mol. The fourth-order valence-electron chi connectivity index (χ4n) is 2.33. The molecule has 1 atom stereocenters. The SMILES string of the molecule is SSN1CCCCC12CCCCO2. The van der Waals surface area contributed by atoms with E-state index in [0.717, 1.165) is 13.2 Å². The number of piperidine rings is 1. The van der Waals surface area contributed by atoms with E-state index in [1.54, 1.807) is 11.0 Å². The number of hydrogen-bond donors (Lipinski definition) is 1. The lowest BCUT2D eigenvalue weighted by molar-refractivity contribution is -0.159. The molecule has 1 spiro atoms. The highest BCUT2D eigenvalue weighted by atomic mass is 33.1. The van der Waals surface area contributed by atoms with E-state index >= 15 is 0 Å². The Morgan fingerprint density at radius 2 is 1.92 bits per heavy atom. The van der Waals surface area contributed by atoms with Gasteiger partial charge in [0.1, 0.15) is 5.72 Å². The summed E-state index contributed by atoms with van der Waals surface area (Å²) in [6.07, 6.45) is 7.53. The molecule has 2 rings (SSSR count). The van der Waals surface area contributed by atoms with Gasteiger partial charge in [-0.05, 0) is 49.5 Å². The van der Waals surface area contributed by atoms with Crippen LogP contribution in [0.2, 0.25) is 0 Å². The summed E-state index contributed by atoms with van der Waals surface area (Å²) in [6.45, 7) is 2.07. The molecular weight excluding hydrogens is 202 g/mol. The van der Waals surface area contributed by atoms with E-state index in [2.05, 4.69) is 16.0 Å². The first kappa shape index (κ1) is 10.1. The molecule has 0 bridgehead atoms. The second-order valence-electron chi connectivity index (χ2n) is 3.89. The van der Waals surface area contributed by atoms with Crippen LogP contribution >= 0.6 is 22.6 Å². The molecule has 2 saturated heterocycles. The highest BCUT2D eigenvalue weighted by Crippen LogP contribution is 2.41. The number of hydrogen-bond acceptors (Lipinski definition) is 4. The van der Waals surface area contributed by atoms with Gasteiger partial charge in [-0.3, -0.25) is 0 Å². The quantitative estimate of drug-likeness (QED) is 0.414. The van der Waals surface area contributed by atoms with Crippen molar-refractivity contribution < 1.29 is 4.74 Å². The monoisotopic (exact) mass is 219 g/mol. The standard InChI is InChI=1S/C9H17NOS2/c12-13-10-7-3-1-5-9(10)6-2-4-8-11-9/h12H,1-8H2. The largest absolute Gasteiger partial charge is 0.360 e. The van der Waals surface area contributed by atoms with Gasteiger partial charge in [-0.15, -0.1) is 0 Å². The molecule has 0 amide bonds. The highest BCUT2D eigenvalue weighted by molar-refractivity contribution is 8.67. The molecule has 76 valence electrons. The average Bonchev–Trinajstić information content (AvgIpc) is 2.20. The lowest BCUT2D eigenvalue weighted by atomic mass is 9.93. The maximum atomic E-state index is 5.97. The summed E-state index contributed by atoms with van der Waals surface area (Å²) in [6, 6.07) is 0. The van der Waals surface area contributed by atoms with Gasteiger partial charge in [-0.1, -0.05) is 11.7 Å². The normalized spacial score (nSPS) is 36.7. The summed E-state index contributed by atoms with van der Waals surface area (Å²) in [5, 5.41) is 0. The molecule has 0 aromatic carbocycles. The van der Waals surface area contributed by atoms with Gasteiger partial charge in [0, 0.05) is 13.2 Å². The highest BCUT2D eigenvalue weighted by Gasteiger charge is 2.41. The van der Waals surface area contributed by atoms with Crippen molar-refractivity contribution in [2.45, 2.75) is 44.2 Å². The first-order chi connectivity index (χ1) is 6.37. The molecule has 0 aromatic rings. The molecule has 13 heavy (non-hydrogen) atoms. The third kappa shape index (κ3) is 2.01. The minimum Gasteiger partial charge on any atom is -0.360 e. The van der Waals surface area contributed by atoms with E-state index in [1.807, 2.05) is 0 Å². The molecule has 2 aliphatic heterocycles. The molecule has 0 radical (unpaired) electrons. The van der Waals surface area contributed by atoms with Crippen molar-refractivity contribution in [3.05, 3.63) is 0 Å². The molecule has 2 aliphatic rings. The number of thiol groups is 1. The van der Waals surface area contributed by atoms with Crippen molar-refractivity contribution >= 4 is 22.6 Å². The summed E-state index contributed by atoms with van der Waals surface area (Å²) >= 11 is 4.31. The molecule has 0 aliphatic carbocycles. The third-order valence-electron chi connectivity index (χ3n) is 3.06. The van der Waals surface area contributed by atoms with E-state index in [0.29, 0.717) is 0 Å². The van der Waals surface area contributed by atoms with Crippen LogP contribution in [0.3, 0.4) is 0 Å². The predicted octanol–water partition coefficient (Wildman–Crippen LogP) is 2.86. The van der Waals surface area contributed by atoms with Gasteiger partial charge >= 0.3 is 0 Å². The van der Waals surface area contributed by atoms with Crippen LogP contribution in [0.25, 0.3) is 0 Å². The summed E-state index contributed by atoms with van der Waals surface area (Å²) in [5.41, 5.74) is 0.0446. The van der Waals surface area contributed by atoms with Crippen LogP contribution in [0, 0.1) is 0 Å². The second kappa shape index (κ2) is 4.43. The van der Waals surface area contributed by atoms with Crippen LogP contribution in [-0.4, -0.2) is 23.2 Å². The van der Waals surface area contributed by atoms with Gasteiger partial charge < -0.3 is 4.74 Å². The van der Waals surface area contributed by atoms with Crippen molar-refractivity contribution in [3.8, 4) is 0 Å². The maximum absolute atomic E-state index is 5.97. The Labute approximate surface area is 89.3 Å². The molecule has 0 N–H and O–H groups in total. The van der Waals surface area contributed by atoms with E-state index < -0.39 is 0 Å². The zero-order chi connectivity index (χ0) is 9.15. The zero-order valence-electron chi connectivity index (χ0n) is 7.87. The molecule has 2 fully saturated rings. The first-order valence-corrected chi connectivity index (χ1v) is 6.93. The van der Waals surface area contributed by atoms with Gasteiger partial charge in [0.25, 0.3) is 0 Å². The molecular formula is C9H17NOS2. The Bertz CT molecular complexity index is 163. The van der Waals surface area contributed by atoms with E-state index in [4.69, 9.17) is 4.74 Å². The molecule has 4 heteroatoms. The van der Waals surface area contributed by atoms with Crippen molar-refractivity contribution in [2.24, 2.45) is 0 Å². The van der Waals surface area contributed by atoms with Crippen LogP contribution in [-0.2, 0) is 4.74 Å². The van der Waals surface area contributed by atoms with Crippen LogP contribution in [0.15, 0.2) is 0 Å². The zero-order valence-corrected chi connectivity index (χ0v) is 9.58. The fraction of sp³-hybridized carbons (Fsp3) is 1.00. The van der Waals surface area contributed by atoms with Crippen molar-refractivity contribution in [1.29, 1.82) is 0 Å². The van der Waals surface area contributed by atoms with Gasteiger partial charge in [-0.2, -0.15) is 0 Å². The first-order valence-electron chi connectivity index (χ1n) is 5.10. The van der Waals surface area contributed by atoms with Crippen molar-refractivity contribution in [1.82, 2.24) is 4.31 Å². The summed E-state index contributed by atoms with van der Waals surface area (Å²) in [4.78, 5) is 0. The van der Waals surface area contributed by atoms with Gasteiger partial charge in [0.2, 0.25) is 0 Å². The van der Waals surface area contributed by atoms with Crippen molar-refractivity contribution in [2.75, 3.05) is 13.2 Å². The lowest BCUT2D eigenvalue weighted by Crippen LogP contribution is -2.51. The van der Waals surface area contributed by atoms with Gasteiger partial charge in [-0.25, -0.2) is 4.31 Å². The minimum absolute atomic E-state index is 0.0446. The Hall–Kier alpha value is 0.620. The number of ether oxygens (including phenoxy) is 1. The summed E-state index contributed by atoms with van der Waals surface area (Å²) in [7, 11) is 1.55. The van der Waals surface area contributed by atoms with Crippen molar-refractivity contribution in [3.63, 3.8) is 0 Å². The summed E-state index contributed by atoms with van der Waals surface area (Å²) in [5.74, 6) is 0. The topological polar surface area (TPSA) is 12.5 Å². The Morgan fingerprint density at radius 1 is 1.15 bits per heavy atom. The number of nitrogens with zero attached hydrogens (tertiary/aromatic N) is 1. The van der Waals surface area contributed by atoms with Crippen LogP contribution in [0.4, 0.5) is 0 Å². The minimum atomic E-state index is 0.0446. The summed E-state index contributed by atoms with van der Waals surface area (Å²) < 4.78 is 8.30. The molecule has 2 heterocycles. The Morgan fingerprint density at radius 3 is 2.54 bits per heavy atom. The molecule has 0 aromatic heterocycles. The third-order valence-corrected chi connectivity index (χ3v) is 4.37. The molecule has 1 unspecified atom stereocenters. The van der Waals surface area contributed by atoms with E-state index in [1.165, 1.54) is 38.5 Å².